The lowest BCUT2D eigenvalue weighted by molar-refractivity contribution is 0.0994. The average Bonchev–Trinajstić information content (AvgIpc) is 3.10. The Morgan fingerprint density at radius 2 is 1.88 bits per heavy atom. The highest BCUT2D eigenvalue weighted by Gasteiger charge is 2.19. The number of carbonyl (C=O) groups is 1. The second kappa shape index (κ2) is 8.47. The molecule has 3 aromatic rings. The maximum absolute atomic E-state index is 12.7. The van der Waals surface area contributed by atoms with Crippen molar-refractivity contribution in [3.8, 4) is 0 Å². The van der Waals surface area contributed by atoms with Gasteiger partial charge in [-0.25, -0.2) is 0 Å². The first-order chi connectivity index (χ1) is 12.5. The van der Waals surface area contributed by atoms with Crippen molar-refractivity contribution >= 4 is 34.0 Å². The maximum atomic E-state index is 12.7. The largest absolute Gasteiger partial charge is 0.356 e. The van der Waals surface area contributed by atoms with Crippen molar-refractivity contribution in [2.45, 2.75) is 36.9 Å². The summed E-state index contributed by atoms with van der Waals surface area (Å²) in [5, 5.41) is 12.2. The maximum Gasteiger partial charge on any atom is 0.206 e. The lowest BCUT2D eigenvalue weighted by atomic mass is 10.0. The summed E-state index contributed by atoms with van der Waals surface area (Å²) in [5.74, 6) is 0.118. The Balaban J connectivity index is 1.59. The van der Waals surface area contributed by atoms with Gasteiger partial charge in [0.05, 0.1) is 5.25 Å². The Bertz CT molecular complexity index is 893. The SMILES string of the molecule is Cc1ccc(C(=O)C(C)Sc2nnc(NCc3ccccc3)s2)cc1C. The van der Waals surface area contributed by atoms with Crippen LogP contribution < -0.4 is 5.32 Å². The first-order valence-corrected chi connectivity index (χ1v) is 10.1. The molecule has 0 spiro atoms. The van der Waals surface area contributed by atoms with Crippen LogP contribution in [0.5, 0.6) is 0 Å². The molecule has 1 unspecified atom stereocenters. The van der Waals surface area contributed by atoms with Crippen molar-refractivity contribution in [1.29, 1.82) is 0 Å². The molecule has 0 bridgehead atoms. The third-order valence-corrected chi connectivity index (χ3v) is 6.20. The number of Topliss-reactive ketones (excluding diaryl/α,β-unsaturated/α-hetero) is 1. The predicted molar refractivity (Wildman–Crippen MR) is 109 cm³/mol. The Morgan fingerprint density at radius 3 is 2.62 bits per heavy atom. The van der Waals surface area contributed by atoms with Gasteiger partial charge < -0.3 is 5.32 Å². The summed E-state index contributed by atoms with van der Waals surface area (Å²) in [4.78, 5) is 12.7. The zero-order valence-electron chi connectivity index (χ0n) is 15.0. The number of nitrogens with one attached hydrogen (secondary N) is 1. The summed E-state index contributed by atoms with van der Waals surface area (Å²) in [6.07, 6.45) is 0. The minimum Gasteiger partial charge on any atom is -0.356 e. The van der Waals surface area contributed by atoms with E-state index in [1.807, 2.05) is 57.2 Å². The Hall–Kier alpha value is -2.18. The molecule has 0 aliphatic carbocycles. The van der Waals surface area contributed by atoms with E-state index < -0.39 is 0 Å². The van der Waals surface area contributed by atoms with Crippen LogP contribution in [0.4, 0.5) is 5.13 Å². The fourth-order valence-corrected chi connectivity index (χ4v) is 4.41. The van der Waals surface area contributed by atoms with E-state index in [0.717, 1.165) is 20.6 Å². The zero-order chi connectivity index (χ0) is 18.5. The van der Waals surface area contributed by atoms with E-state index >= 15 is 0 Å². The molecule has 3 rings (SSSR count). The van der Waals surface area contributed by atoms with Gasteiger partial charge in [0.15, 0.2) is 10.1 Å². The normalized spacial score (nSPS) is 12.0. The molecule has 134 valence electrons. The highest BCUT2D eigenvalue weighted by molar-refractivity contribution is 8.02. The second-order valence-corrected chi connectivity index (χ2v) is 8.70. The predicted octanol–water partition coefficient (Wildman–Crippen LogP) is 5.13. The first kappa shape index (κ1) is 18.6. The smallest absolute Gasteiger partial charge is 0.206 e. The van der Waals surface area contributed by atoms with E-state index in [2.05, 4.69) is 27.6 Å². The molecule has 1 aromatic heterocycles. The topological polar surface area (TPSA) is 54.9 Å². The van der Waals surface area contributed by atoms with Crippen LogP contribution in [0, 0.1) is 13.8 Å². The molecule has 26 heavy (non-hydrogen) atoms. The number of aryl methyl sites for hydroxylation is 2. The van der Waals surface area contributed by atoms with Crippen LogP contribution in [0.3, 0.4) is 0 Å². The summed E-state index contributed by atoms with van der Waals surface area (Å²) < 4.78 is 0.797. The van der Waals surface area contributed by atoms with Gasteiger partial charge in [-0.2, -0.15) is 0 Å². The van der Waals surface area contributed by atoms with Crippen LogP contribution in [0.15, 0.2) is 52.9 Å². The van der Waals surface area contributed by atoms with Gasteiger partial charge in [-0.15, -0.1) is 10.2 Å². The van der Waals surface area contributed by atoms with E-state index in [1.54, 1.807) is 0 Å². The molecule has 1 atom stereocenters. The number of hydrogen-bond acceptors (Lipinski definition) is 6. The van der Waals surface area contributed by atoms with Crippen molar-refractivity contribution in [2.24, 2.45) is 0 Å². The number of aromatic nitrogens is 2. The molecule has 0 radical (unpaired) electrons. The molecular formula is C20H21N3OS2. The fourth-order valence-electron chi connectivity index (χ4n) is 2.44. The molecule has 0 aliphatic heterocycles. The van der Waals surface area contributed by atoms with Crippen LogP contribution in [0.2, 0.25) is 0 Å². The van der Waals surface area contributed by atoms with Crippen molar-refractivity contribution in [2.75, 3.05) is 5.32 Å². The molecule has 0 aliphatic rings. The van der Waals surface area contributed by atoms with Crippen molar-refractivity contribution in [1.82, 2.24) is 10.2 Å². The number of carbonyl (C=O) groups excluding carboxylic acids is 1. The number of benzene rings is 2. The molecule has 1 N–H and O–H groups in total. The molecular weight excluding hydrogens is 362 g/mol. The third kappa shape index (κ3) is 4.71. The van der Waals surface area contributed by atoms with Gasteiger partial charge in [0.2, 0.25) is 5.13 Å². The summed E-state index contributed by atoms with van der Waals surface area (Å²) in [5.41, 5.74) is 4.27. The standard InChI is InChI=1S/C20H21N3OS2/c1-13-9-10-17(11-14(13)2)18(24)15(3)25-20-23-22-19(26-20)21-12-16-7-5-4-6-8-16/h4-11,15H,12H2,1-3H3,(H,21,22). The molecule has 0 saturated heterocycles. The quantitative estimate of drug-likeness (QED) is 0.453. The summed E-state index contributed by atoms with van der Waals surface area (Å²) in [6, 6.07) is 16.0. The number of hydrogen-bond donors (Lipinski definition) is 1. The van der Waals surface area contributed by atoms with E-state index in [1.165, 1.54) is 34.2 Å². The first-order valence-electron chi connectivity index (χ1n) is 8.42. The van der Waals surface area contributed by atoms with Crippen molar-refractivity contribution in [3.05, 3.63) is 70.8 Å². The van der Waals surface area contributed by atoms with Gasteiger partial charge in [-0.3, -0.25) is 4.79 Å². The zero-order valence-corrected chi connectivity index (χ0v) is 16.7. The van der Waals surface area contributed by atoms with Gasteiger partial charge in [0.1, 0.15) is 0 Å². The van der Waals surface area contributed by atoms with Gasteiger partial charge >= 0.3 is 0 Å². The van der Waals surface area contributed by atoms with E-state index in [4.69, 9.17) is 0 Å². The van der Waals surface area contributed by atoms with Crippen LogP contribution in [0.1, 0.15) is 34.0 Å². The van der Waals surface area contributed by atoms with Crippen LogP contribution >= 0.6 is 23.1 Å². The Kier molecular flexibility index (Phi) is 6.06. The van der Waals surface area contributed by atoms with Gasteiger partial charge in [0.25, 0.3) is 0 Å². The third-order valence-electron chi connectivity index (χ3n) is 4.13. The van der Waals surface area contributed by atoms with Crippen molar-refractivity contribution in [3.63, 3.8) is 0 Å². The monoisotopic (exact) mass is 383 g/mol. The minimum atomic E-state index is -0.202. The second-order valence-electron chi connectivity index (χ2n) is 6.14. The number of rotatable bonds is 7. The minimum absolute atomic E-state index is 0.118. The number of anilines is 1. The summed E-state index contributed by atoms with van der Waals surface area (Å²) in [6.45, 7) is 6.70. The number of nitrogens with zero attached hydrogens (tertiary/aromatic N) is 2. The molecule has 6 heteroatoms. The molecule has 4 nitrogen and oxygen atoms in total. The molecule has 1 heterocycles. The number of ketones is 1. The molecule has 0 amide bonds. The summed E-state index contributed by atoms with van der Waals surface area (Å²) in [7, 11) is 0. The van der Waals surface area contributed by atoms with Gasteiger partial charge in [-0.1, -0.05) is 65.6 Å². The Labute approximate surface area is 162 Å². The molecule has 0 fully saturated rings. The fraction of sp³-hybridized carbons (Fsp3) is 0.250. The molecule has 2 aromatic carbocycles. The number of thioether (sulfide) groups is 1. The summed E-state index contributed by atoms with van der Waals surface area (Å²) >= 11 is 2.93. The van der Waals surface area contributed by atoms with Crippen molar-refractivity contribution < 1.29 is 4.79 Å². The lowest BCUT2D eigenvalue weighted by Crippen LogP contribution is -2.13. The molecule has 0 saturated carbocycles. The van der Waals surface area contributed by atoms with Gasteiger partial charge in [0, 0.05) is 12.1 Å². The van der Waals surface area contributed by atoms with Crippen LogP contribution in [-0.2, 0) is 6.54 Å². The lowest BCUT2D eigenvalue weighted by Gasteiger charge is -2.09. The highest BCUT2D eigenvalue weighted by atomic mass is 32.2. The van der Waals surface area contributed by atoms with Crippen LogP contribution in [0.25, 0.3) is 0 Å². The Morgan fingerprint density at radius 1 is 1.12 bits per heavy atom. The van der Waals surface area contributed by atoms with E-state index in [-0.39, 0.29) is 11.0 Å². The van der Waals surface area contributed by atoms with E-state index in [9.17, 15) is 4.79 Å². The van der Waals surface area contributed by atoms with E-state index in [0.29, 0.717) is 6.54 Å². The highest BCUT2D eigenvalue weighted by Crippen LogP contribution is 2.30. The average molecular weight is 384 g/mol. The van der Waals surface area contributed by atoms with Crippen LogP contribution in [-0.4, -0.2) is 21.2 Å². The van der Waals surface area contributed by atoms with Gasteiger partial charge in [-0.05, 0) is 43.5 Å².